The minimum Gasteiger partial charge on any atom is -0.496 e. The van der Waals surface area contributed by atoms with E-state index in [9.17, 15) is 4.79 Å². The molecule has 29 heavy (non-hydrogen) atoms. The van der Waals surface area contributed by atoms with Crippen LogP contribution in [0.1, 0.15) is 42.7 Å². The van der Waals surface area contributed by atoms with E-state index in [-0.39, 0.29) is 5.56 Å². The van der Waals surface area contributed by atoms with Crippen molar-refractivity contribution in [2.24, 2.45) is 0 Å². The summed E-state index contributed by atoms with van der Waals surface area (Å²) in [6, 6.07) is 8.38. The second-order valence-corrected chi connectivity index (χ2v) is 8.62. The second-order valence-electron chi connectivity index (χ2n) is 7.73. The molecule has 3 heterocycles. The molecule has 150 valence electrons. The van der Waals surface area contributed by atoms with E-state index in [0.29, 0.717) is 17.8 Å². The number of ether oxygens (including phenoxy) is 1. The number of thiazole rings is 1. The molecule has 0 unspecified atom stereocenters. The molecule has 2 fully saturated rings. The fourth-order valence-corrected chi connectivity index (χ4v) is 5.06. The Morgan fingerprint density at radius 1 is 1.14 bits per heavy atom. The first-order chi connectivity index (χ1) is 14.2. The Kier molecular flexibility index (Phi) is 4.83. The average molecular weight is 409 g/mol. The fraction of sp³-hybridized carbons (Fsp3) is 0.409. The molecule has 7 heteroatoms. The van der Waals surface area contributed by atoms with Crippen molar-refractivity contribution in [2.75, 3.05) is 25.1 Å². The number of para-hydroxylation sites is 1. The van der Waals surface area contributed by atoms with Gasteiger partial charge in [-0.25, -0.2) is 9.97 Å². The highest BCUT2D eigenvalue weighted by Crippen LogP contribution is 2.36. The molecule has 0 amide bonds. The van der Waals surface area contributed by atoms with Crippen LogP contribution in [0.15, 0.2) is 46.8 Å². The third-order valence-corrected chi connectivity index (χ3v) is 6.85. The zero-order valence-corrected chi connectivity index (χ0v) is 17.3. The number of hydrogen-bond acceptors (Lipinski definition) is 6. The number of aromatic nitrogens is 3. The third-order valence-electron chi connectivity index (χ3n) is 5.84. The number of nitrogens with zero attached hydrogens (tertiary/aromatic N) is 4. The topological polar surface area (TPSA) is 60.2 Å². The maximum atomic E-state index is 12.8. The molecule has 0 bridgehead atoms. The van der Waals surface area contributed by atoms with Crippen LogP contribution >= 0.6 is 11.3 Å². The summed E-state index contributed by atoms with van der Waals surface area (Å²) < 4.78 is 7.33. The zero-order chi connectivity index (χ0) is 19.8. The summed E-state index contributed by atoms with van der Waals surface area (Å²) >= 11 is 1.72. The number of rotatable bonds is 5. The van der Waals surface area contributed by atoms with Gasteiger partial charge in [-0.1, -0.05) is 12.1 Å². The van der Waals surface area contributed by atoms with Gasteiger partial charge in [-0.05, 0) is 37.8 Å². The summed E-state index contributed by atoms with van der Waals surface area (Å²) in [6.07, 6.45) is 7.76. The first-order valence-electron chi connectivity index (χ1n) is 10.2. The van der Waals surface area contributed by atoms with Crippen LogP contribution in [0.5, 0.6) is 5.75 Å². The number of anilines is 1. The lowest BCUT2D eigenvalue weighted by Gasteiger charge is -2.31. The van der Waals surface area contributed by atoms with Crippen molar-refractivity contribution in [1.29, 1.82) is 0 Å². The van der Waals surface area contributed by atoms with E-state index in [1.807, 2.05) is 35.0 Å². The molecule has 1 saturated heterocycles. The summed E-state index contributed by atoms with van der Waals surface area (Å²) in [7, 11) is 1.69. The highest BCUT2D eigenvalue weighted by molar-refractivity contribution is 7.10. The number of methoxy groups -OCH3 is 1. The van der Waals surface area contributed by atoms with Crippen molar-refractivity contribution < 1.29 is 4.74 Å². The second kappa shape index (κ2) is 7.63. The van der Waals surface area contributed by atoms with Gasteiger partial charge in [-0.15, -0.1) is 11.3 Å². The third kappa shape index (κ3) is 3.55. The molecule has 0 atom stereocenters. The van der Waals surface area contributed by atoms with Crippen LogP contribution in [-0.4, -0.2) is 34.7 Å². The highest BCUT2D eigenvalue weighted by Gasteiger charge is 2.29. The van der Waals surface area contributed by atoms with E-state index in [1.165, 1.54) is 5.01 Å². The van der Waals surface area contributed by atoms with Crippen LogP contribution in [0.25, 0.3) is 11.3 Å². The van der Waals surface area contributed by atoms with Gasteiger partial charge in [0.25, 0.3) is 5.56 Å². The zero-order valence-electron chi connectivity index (χ0n) is 16.5. The van der Waals surface area contributed by atoms with Crippen LogP contribution < -0.4 is 15.2 Å². The summed E-state index contributed by atoms with van der Waals surface area (Å²) in [5.74, 6) is 1.88. The van der Waals surface area contributed by atoms with E-state index >= 15 is 0 Å². The molecule has 0 N–H and O–H groups in total. The molecular formula is C22H24N4O2S. The normalized spacial score (nSPS) is 17.5. The molecule has 1 aromatic carbocycles. The van der Waals surface area contributed by atoms with Gasteiger partial charge in [0.1, 0.15) is 5.75 Å². The minimum atomic E-state index is 0.0566. The molecule has 2 aliphatic rings. The SMILES string of the molecule is COc1ccccc1-c1csc(C2CCN(c3nccn(C4CC4)c3=O)CC2)n1. The molecule has 6 nitrogen and oxygen atoms in total. The summed E-state index contributed by atoms with van der Waals surface area (Å²) in [5, 5.41) is 3.29. The van der Waals surface area contributed by atoms with E-state index in [2.05, 4.69) is 15.3 Å². The Labute approximate surface area is 173 Å². The van der Waals surface area contributed by atoms with Gasteiger partial charge in [0.2, 0.25) is 0 Å². The molecule has 2 aromatic heterocycles. The van der Waals surface area contributed by atoms with Crippen LogP contribution in [0.4, 0.5) is 5.82 Å². The molecule has 1 aliphatic carbocycles. The van der Waals surface area contributed by atoms with Gasteiger partial charge in [0.15, 0.2) is 5.82 Å². The van der Waals surface area contributed by atoms with Crippen molar-refractivity contribution in [1.82, 2.24) is 14.5 Å². The predicted molar refractivity (Wildman–Crippen MR) is 115 cm³/mol. The van der Waals surface area contributed by atoms with E-state index < -0.39 is 0 Å². The van der Waals surface area contributed by atoms with Crippen molar-refractivity contribution in [3.8, 4) is 17.0 Å². The van der Waals surface area contributed by atoms with Gasteiger partial charge in [0.05, 0.1) is 17.8 Å². The summed E-state index contributed by atoms with van der Waals surface area (Å²) in [6.45, 7) is 1.68. The predicted octanol–water partition coefficient (Wildman–Crippen LogP) is 4.09. The first-order valence-corrected chi connectivity index (χ1v) is 11.0. The van der Waals surface area contributed by atoms with E-state index in [1.54, 1.807) is 24.6 Å². The molecule has 3 aromatic rings. The first kappa shape index (κ1) is 18.4. The number of benzene rings is 1. The Balaban J connectivity index is 1.30. The summed E-state index contributed by atoms with van der Waals surface area (Å²) in [4.78, 5) is 24.2. The maximum absolute atomic E-state index is 12.8. The molecular weight excluding hydrogens is 384 g/mol. The molecule has 0 spiro atoms. The molecule has 1 aliphatic heterocycles. The van der Waals surface area contributed by atoms with Gasteiger partial charge < -0.3 is 14.2 Å². The molecule has 0 radical (unpaired) electrons. The van der Waals surface area contributed by atoms with Crippen LogP contribution in [-0.2, 0) is 0 Å². The van der Waals surface area contributed by atoms with Gasteiger partial charge in [-0.3, -0.25) is 4.79 Å². The minimum absolute atomic E-state index is 0.0566. The Bertz CT molecular complexity index is 1060. The van der Waals surface area contributed by atoms with E-state index in [0.717, 1.165) is 55.8 Å². The van der Waals surface area contributed by atoms with Crippen LogP contribution in [0.3, 0.4) is 0 Å². The standard InChI is InChI=1S/C22H24N4O2S/c1-28-19-5-3-2-4-17(19)18-14-29-21(24-18)15-8-11-25(12-9-15)20-22(27)26(13-10-23-20)16-6-7-16/h2-5,10,13-16H,6-9,11-12H2,1H3. The van der Waals surface area contributed by atoms with Crippen molar-refractivity contribution in [2.45, 2.75) is 37.6 Å². The fourth-order valence-electron chi connectivity index (χ4n) is 4.06. The Hall–Kier alpha value is -2.67. The van der Waals surface area contributed by atoms with Crippen molar-refractivity contribution in [3.05, 3.63) is 57.4 Å². The Morgan fingerprint density at radius 3 is 2.69 bits per heavy atom. The average Bonchev–Trinajstić information content (AvgIpc) is 3.50. The highest BCUT2D eigenvalue weighted by atomic mass is 32.1. The van der Waals surface area contributed by atoms with Crippen molar-refractivity contribution >= 4 is 17.2 Å². The summed E-state index contributed by atoms with van der Waals surface area (Å²) in [5.41, 5.74) is 2.06. The van der Waals surface area contributed by atoms with Crippen LogP contribution in [0.2, 0.25) is 0 Å². The quantitative estimate of drug-likeness (QED) is 0.636. The number of piperidine rings is 1. The molecule has 5 rings (SSSR count). The van der Waals surface area contributed by atoms with E-state index in [4.69, 9.17) is 9.72 Å². The van der Waals surface area contributed by atoms with Crippen LogP contribution in [0, 0.1) is 0 Å². The van der Waals surface area contributed by atoms with Gasteiger partial charge in [-0.2, -0.15) is 0 Å². The molecule has 1 saturated carbocycles. The smallest absolute Gasteiger partial charge is 0.293 e. The van der Waals surface area contributed by atoms with Crippen molar-refractivity contribution in [3.63, 3.8) is 0 Å². The maximum Gasteiger partial charge on any atom is 0.293 e. The lowest BCUT2D eigenvalue weighted by molar-refractivity contribution is 0.416. The number of hydrogen-bond donors (Lipinski definition) is 0. The van der Waals surface area contributed by atoms with Gasteiger partial charge >= 0.3 is 0 Å². The lowest BCUT2D eigenvalue weighted by atomic mass is 9.97. The largest absolute Gasteiger partial charge is 0.496 e. The monoisotopic (exact) mass is 408 g/mol. The van der Waals surface area contributed by atoms with Gasteiger partial charge in [0, 0.05) is 48.4 Å². The lowest BCUT2D eigenvalue weighted by Crippen LogP contribution is -2.38. The Morgan fingerprint density at radius 2 is 1.93 bits per heavy atom.